The van der Waals surface area contributed by atoms with Gasteiger partial charge >= 0.3 is 12.3 Å². The van der Waals surface area contributed by atoms with Gasteiger partial charge in [-0.25, -0.2) is 14.5 Å². The first-order chi connectivity index (χ1) is 20.2. The van der Waals surface area contributed by atoms with E-state index < -0.39 is 12.3 Å². The number of hydrogen-bond acceptors (Lipinski definition) is 9. The minimum Gasteiger partial charge on any atom is -0.462 e. The maximum absolute atomic E-state index is 12.7. The normalized spacial score (nSPS) is 14.3. The van der Waals surface area contributed by atoms with Crippen LogP contribution >= 0.6 is 11.8 Å². The lowest BCUT2D eigenvalue weighted by atomic mass is 10.1. The highest BCUT2D eigenvalue weighted by Crippen LogP contribution is 2.30. The summed E-state index contributed by atoms with van der Waals surface area (Å²) in [6.45, 7) is 2.29. The number of aromatic nitrogens is 3. The van der Waals surface area contributed by atoms with Crippen LogP contribution in [0.15, 0.2) is 84.2 Å². The molecule has 2 heterocycles. The molecule has 0 spiro atoms. The molecule has 3 aromatic carbocycles. The molecule has 1 saturated heterocycles. The number of hydrogen-bond donors (Lipinski definition) is 1. The number of nitrogens with zero attached hydrogens (tertiary/aromatic N) is 5. The van der Waals surface area contributed by atoms with E-state index in [0.717, 1.165) is 11.1 Å². The number of carbonyl (C=O) groups excluding carboxylic acids is 2. The number of hydrazone groups is 1. The fourth-order valence-electron chi connectivity index (χ4n) is 4.02. The molecule has 0 radical (unpaired) electrons. The summed E-state index contributed by atoms with van der Waals surface area (Å²) in [6.07, 6.45) is -3.30. The third-order valence-electron chi connectivity index (χ3n) is 5.90. The minimum absolute atomic E-state index is 0.192. The first kappa shape index (κ1) is 28.7. The highest BCUT2D eigenvalue weighted by atomic mass is 32.2. The lowest BCUT2D eigenvalue weighted by molar-refractivity contribution is -0.274. The van der Waals surface area contributed by atoms with E-state index in [9.17, 15) is 22.8 Å². The summed E-state index contributed by atoms with van der Waals surface area (Å²) in [5.41, 5.74) is 5.83. The third-order valence-corrected chi connectivity index (χ3v) is 6.83. The zero-order valence-electron chi connectivity index (χ0n) is 22.0. The summed E-state index contributed by atoms with van der Waals surface area (Å²) in [7, 11) is 0. The Kier molecular flexibility index (Phi) is 8.43. The average Bonchev–Trinajstić information content (AvgIpc) is 3.60. The number of ether oxygens (including phenoxy) is 2. The SMILES string of the molecule is CCOC(=O)c1ccccc1N1C(=O)CS/C1=N/NCc1ccc(-c2ncn(-c3ccc(OC(F)(F)F)cc3)n2)cc1. The number of alkyl halides is 3. The van der Waals surface area contributed by atoms with Gasteiger partial charge in [0, 0.05) is 5.56 Å². The molecule has 1 aliphatic heterocycles. The Labute approximate surface area is 242 Å². The standard InChI is InChI=1S/C28H23F3N6O4S/c1-2-40-26(39)22-5-3-4-6-23(22)37-24(38)16-42-27(37)34-33-15-18-7-9-19(10-8-18)25-32-17-36(35-25)20-11-13-21(14-12-20)41-28(29,30)31/h3-14,17,33H,2,15-16H2,1H3/b34-27+. The number of amidine groups is 1. The van der Waals surface area contributed by atoms with Crippen molar-refractivity contribution in [2.24, 2.45) is 5.10 Å². The largest absolute Gasteiger partial charge is 0.573 e. The van der Waals surface area contributed by atoms with Crippen molar-refractivity contribution in [3.8, 4) is 22.8 Å². The van der Waals surface area contributed by atoms with Crippen molar-refractivity contribution in [1.82, 2.24) is 20.2 Å². The number of carbonyl (C=O) groups is 2. The second kappa shape index (κ2) is 12.3. The summed E-state index contributed by atoms with van der Waals surface area (Å²) in [4.78, 5) is 30.8. The second-order valence-electron chi connectivity index (χ2n) is 8.74. The van der Waals surface area contributed by atoms with Crippen LogP contribution in [0.4, 0.5) is 18.9 Å². The molecule has 216 valence electrons. The zero-order valence-corrected chi connectivity index (χ0v) is 22.9. The molecular formula is C28H23F3N6O4S. The fourth-order valence-corrected chi connectivity index (χ4v) is 4.86. The molecule has 0 saturated carbocycles. The van der Waals surface area contributed by atoms with E-state index in [0.29, 0.717) is 28.9 Å². The van der Waals surface area contributed by atoms with Crippen molar-refractivity contribution < 1.29 is 32.2 Å². The molecule has 0 atom stereocenters. The number of halogens is 3. The molecule has 42 heavy (non-hydrogen) atoms. The van der Waals surface area contributed by atoms with E-state index >= 15 is 0 Å². The van der Waals surface area contributed by atoms with Crippen LogP contribution in [-0.2, 0) is 16.1 Å². The molecule has 0 bridgehead atoms. The number of benzene rings is 3. The molecule has 1 aliphatic rings. The van der Waals surface area contributed by atoms with Gasteiger partial charge in [-0.05, 0) is 48.9 Å². The van der Waals surface area contributed by atoms with Crippen LogP contribution in [0.2, 0.25) is 0 Å². The van der Waals surface area contributed by atoms with Crippen LogP contribution < -0.4 is 15.1 Å². The quantitative estimate of drug-likeness (QED) is 0.209. The summed E-state index contributed by atoms with van der Waals surface area (Å²) < 4.78 is 47.6. The Hall–Kier alpha value is -4.85. The first-order valence-electron chi connectivity index (χ1n) is 12.6. The molecule has 4 aromatic rings. The number of rotatable bonds is 9. The van der Waals surface area contributed by atoms with E-state index in [1.54, 1.807) is 31.2 Å². The maximum atomic E-state index is 12.7. The van der Waals surface area contributed by atoms with E-state index in [2.05, 4.69) is 25.3 Å². The van der Waals surface area contributed by atoms with Gasteiger partial charge in [0.05, 0.1) is 35.8 Å². The van der Waals surface area contributed by atoms with Crippen molar-refractivity contribution in [2.45, 2.75) is 19.8 Å². The van der Waals surface area contributed by atoms with Gasteiger partial charge in [-0.2, -0.15) is 5.10 Å². The fraction of sp³-hybridized carbons (Fsp3) is 0.179. The zero-order chi connectivity index (χ0) is 29.7. The average molecular weight is 597 g/mol. The summed E-state index contributed by atoms with van der Waals surface area (Å²) >= 11 is 1.26. The first-order valence-corrected chi connectivity index (χ1v) is 13.6. The second-order valence-corrected chi connectivity index (χ2v) is 9.68. The van der Waals surface area contributed by atoms with Crippen molar-refractivity contribution in [1.29, 1.82) is 0 Å². The summed E-state index contributed by atoms with van der Waals surface area (Å²) in [6, 6.07) is 19.4. The molecular weight excluding hydrogens is 573 g/mol. The molecule has 0 aliphatic carbocycles. The van der Waals surface area contributed by atoms with Crippen LogP contribution in [0.25, 0.3) is 17.1 Å². The molecule has 1 fully saturated rings. The smallest absolute Gasteiger partial charge is 0.462 e. The minimum atomic E-state index is -4.76. The molecule has 0 unspecified atom stereocenters. The van der Waals surface area contributed by atoms with Crippen LogP contribution in [0, 0.1) is 0 Å². The topological polar surface area (TPSA) is 111 Å². The van der Waals surface area contributed by atoms with Crippen molar-refractivity contribution in [3.63, 3.8) is 0 Å². The number of thioether (sulfide) groups is 1. The molecule has 5 rings (SSSR count). The number of esters is 1. The van der Waals surface area contributed by atoms with Crippen molar-refractivity contribution in [2.75, 3.05) is 17.3 Å². The highest BCUT2D eigenvalue weighted by molar-refractivity contribution is 8.15. The van der Waals surface area contributed by atoms with Gasteiger partial charge in [-0.15, -0.1) is 18.3 Å². The summed E-state index contributed by atoms with van der Waals surface area (Å²) in [5, 5.41) is 9.22. The summed E-state index contributed by atoms with van der Waals surface area (Å²) in [5.74, 6) is -0.412. The van der Waals surface area contributed by atoms with Gasteiger partial charge in [-0.1, -0.05) is 48.2 Å². The molecule has 14 heteroatoms. The molecule has 1 amide bonds. The lowest BCUT2D eigenvalue weighted by Gasteiger charge is -2.19. The molecule has 10 nitrogen and oxygen atoms in total. The highest BCUT2D eigenvalue weighted by Gasteiger charge is 2.33. The Morgan fingerprint density at radius 3 is 2.52 bits per heavy atom. The van der Waals surface area contributed by atoms with Crippen LogP contribution in [0.3, 0.4) is 0 Å². The van der Waals surface area contributed by atoms with E-state index in [4.69, 9.17) is 4.74 Å². The predicted molar refractivity (Wildman–Crippen MR) is 150 cm³/mol. The van der Waals surface area contributed by atoms with Gasteiger partial charge < -0.3 is 14.9 Å². The van der Waals surface area contributed by atoms with Gasteiger partial charge in [-0.3, -0.25) is 9.69 Å². The van der Waals surface area contributed by atoms with E-state index in [1.807, 2.05) is 24.3 Å². The van der Waals surface area contributed by atoms with Crippen LogP contribution in [-0.4, -0.2) is 50.5 Å². The molecule has 1 aromatic heterocycles. The Morgan fingerprint density at radius 1 is 1.07 bits per heavy atom. The van der Waals surface area contributed by atoms with Gasteiger partial charge in [0.25, 0.3) is 0 Å². The lowest BCUT2D eigenvalue weighted by Crippen LogP contribution is -2.32. The monoisotopic (exact) mass is 596 g/mol. The van der Waals surface area contributed by atoms with Gasteiger partial charge in [0.1, 0.15) is 12.1 Å². The Bertz CT molecular complexity index is 1610. The van der Waals surface area contributed by atoms with Crippen molar-refractivity contribution >= 4 is 34.5 Å². The number of para-hydroxylation sites is 1. The van der Waals surface area contributed by atoms with E-state index in [1.165, 1.54) is 51.9 Å². The number of amides is 1. The van der Waals surface area contributed by atoms with Gasteiger partial charge in [0.15, 0.2) is 11.0 Å². The van der Waals surface area contributed by atoms with Crippen LogP contribution in [0.5, 0.6) is 5.75 Å². The van der Waals surface area contributed by atoms with Gasteiger partial charge in [0.2, 0.25) is 5.91 Å². The van der Waals surface area contributed by atoms with Crippen LogP contribution in [0.1, 0.15) is 22.8 Å². The number of anilines is 1. The number of nitrogens with one attached hydrogen (secondary N) is 1. The van der Waals surface area contributed by atoms with E-state index in [-0.39, 0.29) is 29.6 Å². The molecule has 1 N–H and O–H groups in total. The maximum Gasteiger partial charge on any atom is 0.573 e. The van der Waals surface area contributed by atoms with Crippen molar-refractivity contribution in [3.05, 3.63) is 90.3 Å². The Morgan fingerprint density at radius 2 is 1.81 bits per heavy atom. The third kappa shape index (κ3) is 6.71. The Balaban J connectivity index is 1.23. The predicted octanol–water partition coefficient (Wildman–Crippen LogP) is 5.15.